The maximum absolute atomic E-state index is 12.6. The van der Waals surface area contributed by atoms with Crippen molar-refractivity contribution in [1.82, 2.24) is 4.90 Å². The lowest BCUT2D eigenvalue weighted by Gasteiger charge is -2.26. The molecular formula is C17H18ClNO2S. The number of carbonyl (C=O) groups is 1. The highest BCUT2D eigenvalue weighted by Gasteiger charge is 2.22. The second-order valence-corrected chi connectivity index (χ2v) is 6.72. The van der Waals surface area contributed by atoms with E-state index in [0.29, 0.717) is 26.3 Å². The van der Waals surface area contributed by atoms with Crippen molar-refractivity contribution in [2.24, 2.45) is 0 Å². The minimum absolute atomic E-state index is 0.114. The molecule has 5 heteroatoms. The van der Waals surface area contributed by atoms with Crippen LogP contribution in [0, 0.1) is 0 Å². The number of halogens is 1. The van der Waals surface area contributed by atoms with Crippen LogP contribution in [0.15, 0.2) is 30.3 Å². The first-order valence-electron chi connectivity index (χ1n) is 7.44. The molecule has 22 heavy (non-hydrogen) atoms. The average molecular weight is 336 g/mol. The third kappa shape index (κ3) is 3.19. The van der Waals surface area contributed by atoms with Crippen molar-refractivity contribution >= 4 is 28.8 Å². The fourth-order valence-corrected chi connectivity index (χ4v) is 3.92. The number of ether oxygens (including phenoxy) is 1. The molecule has 2 heterocycles. The molecule has 3 nitrogen and oxygen atoms in total. The topological polar surface area (TPSA) is 29.5 Å². The van der Waals surface area contributed by atoms with Crippen LogP contribution in [0.3, 0.4) is 0 Å². The lowest BCUT2D eigenvalue weighted by atomic mass is 10.1. The van der Waals surface area contributed by atoms with Crippen LogP contribution in [0.4, 0.5) is 0 Å². The number of hydrogen-bond donors (Lipinski definition) is 0. The largest absolute Gasteiger partial charge is 0.378 e. The summed E-state index contributed by atoms with van der Waals surface area (Å²) in [5, 5.41) is 0.725. The minimum Gasteiger partial charge on any atom is -0.378 e. The van der Waals surface area contributed by atoms with Crippen LogP contribution in [-0.4, -0.2) is 37.1 Å². The Balaban J connectivity index is 1.90. The molecule has 0 bridgehead atoms. The molecule has 0 radical (unpaired) electrons. The summed E-state index contributed by atoms with van der Waals surface area (Å²) in [5.74, 6) is 0.114. The van der Waals surface area contributed by atoms with Crippen molar-refractivity contribution in [2.45, 2.75) is 13.3 Å². The van der Waals surface area contributed by atoms with Crippen molar-refractivity contribution in [1.29, 1.82) is 0 Å². The zero-order valence-electron chi connectivity index (χ0n) is 12.5. The van der Waals surface area contributed by atoms with Crippen molar-refractivity contribution < 1.29 is 9.53 Å². The number of thiophene rings is 1. The lowest BCUT2D eigenvalue weighted by Crippen LogP contribution is -2.40. The molecule has 1 aromatic heterocycles. The highest BCUT2D eigenvalue weighted by atomic mass is 35.5. The van der Waals surface area contributed by atoms with Crippen molar-refractivity contribution in [2.75, 3.05) is 26.3 Å². The fraction of sp³-hybridized carbons (Fsp3) is 0.353. The number of carbonyl (C=O) groups excluding carboxylic acids is 1. The quantitative estimate of drug-likeness (QED) is 0.845. The maximum atomic E-state index is 12.6. The zero-order valence-corrected chi connectivity index (χ0v) is 14.0. The molecule has 0 unspecified atom stereocenters. The summed E-state index contributed by atoms with van der Waals surface area (Å²) in [6, 6.07) is 9.83. The van der Waals surface area contributed by atoms with Crippen LogP contribution < -0.4 is 0 Å². The predicted octanol–water partition coefficient (Wildman–Crippen LogP) is 4.10. The number of morpholine rings is 1. The molecule has 1 aliphatic rings. The number of rotatable bonds is 3. The van der Waals surface area contributed by atoms with Crippen LogP contribution in [0.1, 0.15) is 22.2 Å². The molecule has 1 saturated heterocycles. The summed E-state index contributed by atoms with van der Waals surface area (Å²) in [7, 11) is 0. The van der Waals surface area contributed by atoms with E-state index in [4.69, 9.17) is 16.3 Å². The Morgan fingerprint density at radius 1 is 1.27 bits per heavy atom. The van der Waals surface area contributed by atoms with Gasteiger partial charge in [-0.3, -0.25) is 4.79 Å². The second kappa shape index (κ2) is 6.82. The monoisotopic (exact) mass is 335 g/mol. The highest BCUT2D eigenvalue weighted by molar-refractivity contribution is 7.17. The van der Waals surface area contributed by atoms with E-state index < -0.39 is 0 Å². The molecule has 1 amide bonds. The normalized spacial score (nSPS) is 15.1. The van der Waals surface area contributed by atoms with Gasteiger partial charge in [-0.25, -0.2) is 0 Å². The van der Waals surface area contributed by atoms with Gasteiger partial charge >= 0.3 is 0 Å². The van der Waals surface area contributed by atoms with Crippen LogP contribution in [0.2, 0.25) is 5.02 Å². The Bertz CT molecular complexity index is 660. The maximum Gasteiger partial charge on any atom is 0.264 e. The van der Waals surface area contributed by atoms with Crippen molar-refractivity contribution in [3.05, 3.63) is 45.8 Å². The third-order valence-electron chi connectivity index (χ3n) is 3.81. The smallest absolute Gasteiger partial charge is 0.264 e. The van der Waals surface area contributed by atoms with Gasteiger partial charge in [0.05, 0.1) is 18.1 Å². The Kier molecular flexibility index (Phi) is 4.81. The Hall–Kier alpha value is -1.36. The van der Waals surface area contributed by atoms with Crippen molar-refractivity contribution in [3.8, 4) is 10.4 Å². The molecule has 0 atom stereocenters. The molecule has 1 aromatic carbocycles. The zero-order chi connectivity index (χ0) is 15.5. The third-order valence-corrected chi connectivity index (χ3v) is 5.27. The van der Waals surface area contributed by atoms with Gasteiger partial charge in [0.1, 0.15) is 0 Å². The Labute approximate surface area is 139 Å². The fourth-order valence-electron chi connectivity index (χ4n) is 2.56. The van der Waals surface area contributed by atoms with Gasteiger partial charge in [-0.1, -0.05) is 30.7 Å². The van der Waals surface area contributed by atoms with Gasteiger partial charge in [0.2, 0.25) is 0 Å². The molecule has 116 valence electrons. The highest BCUT2D eigenvalue weighted by Crippen LogP contribution is 2.34. The van der Waals surface area contributed by atoms with Gasteiger partial charge in [0.25, 0.3) is 5.91 Å². The van der Waals surface area contributed by atoms with E-state index >= 15 is 0 Å². The summed E-state index contributed by atoms with van der Waals surface area (Å²) < 4.78 is 5.31. The predicted molar refractivity (Wildman–Crippen MR) is 90.9 cm³/mol. The van der Waals surface area contributed by atoms with Crippen LogP contribution in [0.5, 0.6) is 0 Å². The average Bonchev–Trinajstić information content (AvgIpc) is 3.00. The van der Waals surface area contributed by atoms with Gasteiger partial charge in [-0.2, -0.15) is 0 Å². The first-order chi connectivity index (χ1) is 10.7. The van der Waals surface area contributed by atoms with Crippen LogP contribution >= 0.6 is 22.9 Å². The second-order valence-electron chi connectivity index (χ2n) is 5.23. The van der Waals surface area contributed by atoms with Gasteiger partial charge in [-0.05, 0) is 35.7 Å². The first kappa shape index (κ1) is 15.5. The van der Waals surface area contributed by atoms with Gasteiger partial charge in [-0.15, -0.1) is 11.3 Å². The first-order valence-corrected chi connectivity index (χ1v) is 8.64. The molecule has 1 aliphatic heterocycles. The van der Waals surface area contributed by atoms with E-state index in [1.54, 1.807) is 11.3 Å². The standard InChI is InChI=1S/C17H18ClNO2S/c1-2-12-11-15(17(20)19-7-9-21-10-8-19)22-16(12)13-3-5-14(18)6-4-13/h3-6,11H,2,7-10H2,1H3. The van der Waals surface area contributed by atoms with Crippen LogP contribution in [-0.2, 0) is 11.2 Å². The van der Waals surface area contributed by atoms with Gasteiger partial charge in [0.15, 0.2) is 0 Å². The number of nitrogens with zero attached hydrogens (tertiary/aromatic N) is 1. The molecule has 0 aliphatic carbocycles. The molecule has 0 spiro atoms. The molecule has 2 aromatic rings. The van der Waals surface area contributed by atoms with E-state index in [9.17, 15) is 4.79 Å². The van der Waals surface area contributed by atoms with E-state index in [2.05, 4.69) is 6.92 Å². The van der Waals surface area contributed by atoms with Crippen molar-refractivity contribution in [3.63, 3.8) is 0 Å². The summed E-state index contributed by atoms with van der Waals surface area (Å²) in [5.41, 5.74) is 2.33. The summed E-state index contributed by atoms with van der Waals surface area (Å²) in [6.45, 7) is 4.72. The summed E-state index contributed by atoms with van der Waals surface area (Å²) >= 11 is 7.53. The number of hydrogen-bond acceptors (Lipinski definition) is 3. The Morgan fingerprint density at radius 2 is 1.95 bits per heavy atom. The molecule has 0 N–H and O–H groups in total. The van der Waals surface area contributed by atoms with Gasteiger partial charge in [0, 0.05) is 23.0 Å². The molecule has 0 saturated carbocycles. The Morgan fingerprint density at radius 3 is 2.59 bits per heavy atom. The van der Waals surface area contributed by atoms with E-state index in [1.807, 2.05) is 35.2 Å². The molecule has 1 fully saturated rings. The molecular weight excluding hydrogens is 318 g/mol. The van der Waals surface area contributed by atoms with E-state index in [1.165, 1.54) is 5.56 Å². The van der Waals surface area contributed by atoms with E-state index in [-0.39, 0.29) is 5.91 Å². The minimum atomic E-state index is 0.114. The number of aryl methyl sites for hydroxylation is 1. The summed E-state index contributed by atoms with van der Waals surface area (Å²) in [6.07, 6.45) is 0.908. The summed E-state index contributed by atoms with van der Waals surface area (Å²) in [4.78, 5) is 16.5. The van der Waals surface area contributed by atoms with E-state index in [0.717, 1.165) is 26.8 Å². The SMILES string of the molecule is CCc1cc(C(=O)N2CCOCC2)sc1-c1ccc(Cl)cc1. The van der Waals surface area contributed by atoms with Crippen LogP contribution in [0.25, 0.3) is 10.4 Å². The molecule has 3 rings (SSSR count). The number of amides is 1. The lowest BCUT2D eigenvalue weighted by molar-refractivity contribution is 0.0306. The van der Waals surface area contributed by atoms with Gasteiger partial charge < -0.3 is 9.64 Å². The number of benzene rings is 1.